The van der Waals surface area contributed by atoms with Crippen LogP contribution < -0.4 is 9.62 Å². The number of anilines is 2. The Morgan fingerprint density at radius 2 is 1.97 bits per heavy atom. The van der Waals surface area contributed by atoms with Gasteiger partial charge in [0, 0.05) is 38.2 Å². The second kappa shape index (κ2) is 7.47. The lowest BCUT2D eigenvalue weighted by Gasteiger charge is -2.18. The molecule has 1 N–H and O–H groups in total. The molecule has 2 aromatic carbocycles. The van der Waals surface area contributed by atoms with Crippen LogP contribution in [-0.2, 0) is 14.8 Å². The first kappa shape index (κ1) is 19.7. The van der Waals surface area contributed by atoms with E-state index in [1.54, 1.807) is 51.4 Å². The maximum atomic E-state index is 14.0. The smallest absolute Gasteiger partial charge is 0.263 e. The van der Waals surface area contributed by atoms with Gasteiger partial charge in [0.25, 0.3) is 10.0 Å². The summed E-state index contributed by atoms with van der Waals surface area (Å²) in [6.45, 7) is 0.488. The van der Waals surface area contributed by atoms with E-state index in [9.17, 15) is 17.6 Å². The van der Waals surface area contributed by atoms with Crippen molar-refractivity contribution in [1.29, 1.82) is 0 Å². The predicted molar refractivity (Wildman–Crippen MR) is 121 cm³/mol. The second-order valence-electron chi connectivity index (χ2n) is 7.13. The molecule has 1 atom stereocenters. The number of fused-ring (bicyclic) bond motifs is 1. The largest absolute Gasteiger partial charge is 0.335 e. The van der Waals surface area contributed by atoms with Crippen LogP contribution >= 0.6 is 11.3 Å². The fourth-order valence-corrected chi connectivity index (χ4v) is 5.64. The molecule has 0 radical (unpaired) electrons. The van der Waals surface area contributed by atoms with Crippen LogP contribution in [0, 0.1) is 5.82 Å². The van der Waals surface area contributed by atoms with Gasteiger partial charge in [-0.05, 0) is 48.9 Å². The quantitative estimate of drug-likeness (QED) is 0.475. The highest BCUT2D eigenvalue weighted by Crippen LogP contribution is 2.32. The van der Waals surface area contributed by atoms with Crippen molar-refractivity contribution in [2.45, 2.75) is 17.4 Å². The topological polar surface area (TPSA) is 84.3 Å². The maximum absolute atomic E-state index is 14.0. The molecular formula is C21H21FN4O3S2. The normalized spacial score (nSPS) is 16.9. The number of carbonyl (C=O) groups is 1. The van der Waals surface area contributed by atoms with Crippen molar-refractivity contribution in [3.8, 4) is 0 Å². The van der Waals surface area contributed by atoms with Crippen LogP contribution in [0.1, 0.15) is 15.3 Å². The molecule has 1 aliphatic rings. The fraction of sp³-hybridized carbons (Fsp3) is 0.143. The van der Waals surface area contributed by atoms with E-state index in [0.717, 1.165) is 0 Å². The SMILES string of the molecule is O=C1[C@@H](n2ccc3c(F)cccc32)CCN1c1ccc(S(=O)(=O)Nc2nccs2)cc1.[HH].[HH]. The molecule has 1 fully saturated rings. The Balaban J connectivity index is 0.00000153. The van der Waals surface area contributed by atoms with Crippen molar-refractivity contribution >= 4 is 49.0 Å². The Morgan fingerprint density at radius 1 is 1.16 bits per heavy atom. The number of hydrogen-bond donors (Lipinski definition) is 1. The van der Waals surface area contributed by atoms with Crippen LogP contribution in [0.3, 0.4) is 0 Å². The molecule has 0 spiro atoms. The monoisotopic (exact) mass is 460 g/mol. The zero-order valence-corrected chi connectivity index (χ0v) is 17.7. The standard InChI is InChI=1S/C21H17FN4O3S2.2H2/c22-17-2-1-3-18-16(17)8-11-26(18)19-9-12-25(20(19)27)14-4-6-15(7-5-14)31(28,29)24-21-23-10-13-30-21;;/h1-8,10-11,13,19H,9,12H2,(H,23,24);2*1H/t19-;;/m0../s1. The zero-order valence-electron chi connectivity index (χ0n) is 16.1. The van der Waals surface area contributed by atoms with Gasteiger partial charge in [0.05, 0.1) is 10.4 Å². The van der Waals surface area contributed by atoms with Gasteiger partial charge in [-0.2, -0.15) is 0 Å². The van der Waals surface area contributed by atoms with Crippen molar-refractivity contribution in [1.82, 2.24) is 9.55 Å². The molecule has 162 valence electrons. The number of rotatable bonds is 5. The predicted octanol–water partition coefficient (Wildman–Crippen LogP) is 4.51. The lowest BCUT2D eigenvalue weighted by atomic mass is 10.2. The summed E-state index contributed by atoms with van der Waals surface area (Å²) >= 11 is 1.19. The van der Waals surface area contributed by atoms with Gasteiger partial charge < -0.3 is 9.47 Å². The molecule has 5 rings (SSSR count). The maximum Gasteiger partial charge on any atom is 0.263 e. The summed E-state index contributed by atoms with van der Waals surface area (Å²) in [5, 5.41) is 2.45. The molecule has 0 unspecified atom stereocenters. The third-order valence-corrected chi connectivity index (χ3v) is 7.51. The Hall–Kier alpha value is -3.24. The van der Waals surface area contributed by atoms with E-state index in [0.29, 0.717) is 29.6 Å². The minimum absolute atomic E-state index is 0. The first-order valence-electron chi connectivity index (χ1n) is 9.53. The van der Waals surface area contributed by atoms with Gasteiger partial charge in [0.15, 0.2) is 5.13 Å². The number of amides is 1. The van der Waals surface area contributed by atoms with Gasteiger partial charge in [-0.3, -0.25) is 9.52 Å². The number of sulfonamides is 1. The van der Waals surface area contributed by atoms with E-state index in [-0.39, 0.29) is 24.6 Å². The van der Waals surface area contributed by atoms with Gasteiger partial charge in [-0.15, -0.1) is 11.3 Å². The molecule has 3 heterocycles. The highest BCUT2D eigenvalue weighted by Gasteiger charge is 2.34. The van der Waals surface area contributed by atoms with Crippen molar-refractivity contribution in [2.75, 3.05) is 16.2 Å². The Labute approximate surface area is 184 Å². The lowest BCUT2D eigenvalue weighted by Crippen LogP contribution is -2.28. The third kappa shape index (κ3) is 3.47. The summed E-state index contributed by atoms with van der Waals surface area (Å²) in [6.07, 6.45) is 3.83. The summed E-state index contributed by atoms with van der Waals surface area (Å²) < 4.78 is 43.2. The van der Waals surface area contributed by atoms with Crippen LogP contribution in [0.25, 0.3) is 10.9 Å². The molecule has 0 aliphatic carbocycles. The summed E-state index contributed by atoms with van der Waals surface area (Å²) in [7, 11) is -3.76. The Morgan fingerprint density at radius 3 is 2.71 bits per heavy atom. The third-order valence-electron chi connectivity index (χ3n) is 5.34. The lowest BCUT2D eigenvalue weighted by molar-refractivity contribution is -0.119. The Kier molecular flexibility index (Phi) is 4.75. The van der Waals surface area contributed by atoms with E-state index in [4.69, 9.17) is 0 Å². The summed E-state index contributed by atoms with van der Waals surface area (Å²) in [4.78, 5) is 18.7. The summed E-state index contributed by atoms with van der Waals surface area (Å²) in [5.41, 5.74) is 1.29. The minimum atomic E-state index is -3.76. The molecule has 1 aliphatic heterocycles. The number of hydrogen-bond acceptors (Lipinski definition) is 5. The van der Waals surface area contributed by atoms with Crippen molar-refractivity contribution < 1.29 is 20.5 Å². The van der Waals surface area contributed by atoms with Gasteiger partial charge in [-0.1, -0.05) is 6.07 Å². The summed E-state index contributed by atoms with van der Waals surface area (Å²) in [6, 6.07) is 12.2. The number of halogens is 1. The van der Waals surface area contributed by atoms with Gasteiger partial charge in [0.1, 0.15) is 11.9 Å². The van der Waals surface area contributed by atoms with Crippen LogP contribution in [0.2, 0.25) is 0 Å². The molecule has 4 aromatic rings. The average molecular weight is 461 g/mol. The van der Waals surface area contributed by atoms with Crippen molar-refractivity contribution in [2.24, 2.45) is 0 Å². The molecule has 0 saturated carbocycles. The highest BCUT2D eigenvalue weighted by atomic mass is 32.2. The first-order valence-corrected chi connectivity index (χ1v) is 11.9. The first-order chi connectivity index (χ1) is 14.9. The number of aromatic nitrogens is 2. The number of carbonyl (C=O) groups excluding carboxylic acids is 1. The van der Waals surface area contributed by atoms with Crippen LogP contribution in [0.5, 0.6) is 0 Å². The second-order valence-corrected chi connectivity index (χ2v) is 9.70. The summed E-state index contributed by atoms with van der Waals surface area (Å²) in [5.74, 6) is -0.431. The van der Waals surface area contributed by atoms with Gasteiger partial charge in [-0.25, -0.2) is 17.8 Å². The van der Waals surface area contributed by atoms with Crippen LogP contribution in [0.15, 0.2) is 71.2 Å². The number of benzene rings is 2. The van der Waals surface area contributed by atoms with Crippen LogP contribution in [0.4, 0.5) is 15.2 Å². The molecule has 31 heavy (non-hydrogen) atoms. The Bertz CT molecular complexity index is 1380. The minimum Gasteiger partial charge on any atom is -0.335 e. The molecule has 2 aromatic heterocycles. The van der Waals surface area contributed by atoms with Crippen molar-refractivity contribution in [3.05, 3.63) is 72.1 Å². The van der Waals surface area contributed by atoms with E-state index >= 15 is 0 Å². The zero-order chi connectivity index (χ0) is 21.6. The van der Waals surface area contributed by atoms with E-state index < -0.39 is 16.1 Å². The highest BCUT2D eigenvalue weighted by molar-refractivity contribution is 7.93. The van der Waals surface area contributed by atoms with E-state index in [1.807, 2.05) is 0 Å². The van der Waals surface area contributed by atoms with E-state index in [1.165, 1.54) is 35.7 Å². The fourth-order valence-electron chi connectivity index (χ4n) is 3.85. The van der Waals surface area contributed by atoms with E-state index in [2.05, 4.69) is 9.71 Å². The van der Waals surface area contributed by atoms with Gasteiger partial charge >= 0.3 is 0 Å². The van der Waals surface area contributed by atoms with Gasteiger partial charge in [0.2, 0.25) is 5.91 Å². The molecular weight excluding hydrogens is 439 g/mol. The average Bonchev–Trinajstić information content (AvgIpc) is 3.48. The molecule has 10 heteroatoms. The van der Waals surface area contributed by atoms with Crippen LogP contribution in [-0.4, -0.2) is 30.4 Å². The number of thiazole rings is 1. The number of nitrogens with zero attached hydrogens (tertiary/aromatic N) is 3. The molecule has 1 saturated heterocycles. The number of nitrogens with one attached hydrogen (secondary N) is 1. The van der Waals surface area contributed by atoms with Crippen molar-refractivity contribution in [3.63, 3.8) is 0 Å². The molecule has 7 nitrogen and oxygen atoms in total. The molecule has 0 bridgehead atoms. The molecule has 1 amide bonds.